The Morgan fingerprint density at radius 1 is 1.21 bits per heavy atom. The van der Waals surface area contributed by atoms with Gasteiger partial charge in [0.05, 0.1) is 19.8 Å². The molecule has 2 fully saturated rings. The largest absolute Gasteiger partial charge is 0.493 e. The number of guanidine groups is 1. The summed E-state index contributed by atoms with van der Waals surface area (Å²) in [6, 6.07) is 6.87. The summed E-state index contributed by atoms with van der Waals surface area (Å²) < 4.78 is 11.7. The Hall–Kier alpha value is -1.10. The van der Waals surface area contributed by atoms with Gasteiger partial charge in [0, 0.05) is 63.4 Å². The van der Waals surface area contributed by atoms with Gasteiger partial charge < -0.3 is 25.0 Å². The van der Waals surface area contributed by atoms with Crippen LogP contribution in [0.3, 0.4) is 0 Å². The van der Waals surface area contributed by atoms with E-state index in [-0.39, 0.29) is 24.0 Å². The minimum atomic E-state index is 0. The number of rotatable bonds is 10. The zero-order chi connectivity index (χ0) is 22.8. The first-order chi connectivity index (χ1) is 15.6. The first kappa shape index (κ1) is 28.1. The number of nitrogens with one attached hydrogen (secondary N) is 2. The Labute approximate surface area is 217 Å². The molecule has 2 saturated heterocycles. The lowest BCUT2D eigenvalue weighted by molar-refractivity contribution is 0.107. The predicted molar refractivity (Wildman–Crippen MR) is 147 cm³/mol. The molecule has 2 aliphatic heterocycles. The third kappa shape index (κ3) is 9.22. The van der Waals surface area contributed by atoms with Crippen LogP contribution in [0.5, 0.6) is 5.75 Å². The number of likely N-dealkylation sites (N-methyl/N-ethyl adjacent to an activating group) is 1. The van der Waals surface area contributed by atoms with E-state index >= 15 is 0 Å². The van der Waals surface area contributed by atoms with Crippen molar-refractivity contribution in [1.82, 2.24) is 20.4 Å². The number of piperazine rings is 1. The van der Waals surface area contributed by atoms with Crippen LogP contribution in [0.2, 0.25) is 0 Å². The molecule has 0 spiro atoms. The second kappa shape index (κ2) is 15.0. The number of hydrogen-bond acceptors (Lipinski definition) is 5. The number of hydrogen-bond donors (Lipinski definition) is 2. The second-order valence-electron chi connectivity index (χ2n) is 9.05. The maximum atomic E-state index is 6.19. The Morgan fingerprint density at radius 3 is 2.67 bits per heavy atom. The maximum Gasteiger partial charge on any atom is 0.191 e. The second-order valence-corrected chi connectivity index (χ2v) is 9.05. The molecular weight excluding hydrogens is 529 g/mol. The van der Waals surface area contributed by atoms with E-state index in [2.05, 4.69) is 66.3 Å². The van der Waals surface area contributed by atoms with Gasteiger partial charge in [-0.3, -0.25) is 4.90 Å². The summed E-state index contributed by atoms with van der Waals surface area (Å²) in [5.41, 5.74) is 2.33. The van der Waals surface area contributed by atoms with E-state index in [1.807, 2.05) is 0 Å². The SMILES string of the molecule is CCNC(=NCc1ccc(C)cc1OCC1CCOC1)NCC(C)N1CCN(CC)CC1.I. The number of nitrogens with zero attached hydrogens (tertiary/aromatic N) is 3. The summed E-state index contributed by atoms with van der Waals surface area (Å²) in [6.07, 6.45) is 1.08. The zero-order valence-corrected chi connectivity index (χ0v) is 23.3. The average Bonchev–Trinajstić information content (AvgIpc) is 3.34. The Kier molecular flexibility index (Phi) is 12.8. The van der Waals surface area contributed by atoms with Crippen molar-refractivity contribution in [2.24, 2.45) is 10.9 Å². The number of aryl methyl sites for hydroxylation is 1. The molecular formula is C25H44IN5O2. The molecule has 3 rings (SSSR count). The van der Waals surface area contributed by atoms with Gasteiger partial charge >= 0.3 is 0 Å². The molecule has 0 amide bonds. The summed E-state index contributed by atoms with van der Waals surface area (Å²) in [6.45, 7) is 19.2. The van der Waals surface area contributed by atoms with Gasteiger partial charge in [-0.2, -0.15) is 0 Å². The Bertz CT molecular complexity index is 719. The third-order valence-corrected chi connectivity index (χ3v) is 6.52. The van der Waals surface area contributed by atoms with Crippen LogP contribution in [0.1, 0.15) is 38.3 Å². The molecule has 188 valence electrons. The van der Waals surface area contributed by atoms with E-state index in [1.54, 1.807) is 0 Å². The van der Waals surface area contributed by atoms with Crippen molar-refractivity contribution in [1.29, 1.82) is 0 Å². The summed E-state index contributed by atoms with van der Waals surface area (Å²) in [5.74, 6) is 2.30. The first-order valence-electron chi connectivity index (χ1n) is 12.4. The summed E-state index contributed by atoms with van der Waals surface area (Å²) in [7, 11) is 0. The lowest BCUT2D eigenvalue weighted by atomic mass is 10.1. The molecule has 8 heteroatoms. The highest BCUT2D eigenvalue weighted by Gasteiger charge is 2.20. The standard InChI is InChI=1S/C25H43N5O2.HI/c1-5-26-25(27-16-21(4)30-12-10-29(6-2)11-13-30)28-17-23-8-7-20(3)15-24(23)32-19-22-9-14-31-18-22;/h7-8,15,21-22H,5-6,9-14,16-19H2,1-4H3,(H2,26,27,28);1H. The molecule has 1 aromatic rings. The molecule has 0 radical (unpaired) electrons. The van der Waals surface area contributed by atoms with Crippen LogP contribution in [-0.2, 0) is 11.3 Å². The molecule has 33 heavy (non-hydrogen) atoms. The van der Waals surface area contributed by atoms with Crippen molar-refractivity contribution < 1.29 is 9.47 Å². The molecule has 0 aliphatic carbocycles. The molecule has 2 heterocycles. The molecule has 2 atom stereocenters. The van der Waals surface area contributed by atoms with Gasteiger partial charge in [-0.1, -0.05) is 19.1 Å². The molecule has 2 unspecified atom stereocenters. The number of benzene rings is 1. The molecule has 2 aliphatic rings. The summed E-state index contributed by atoms with van der Waals surface area (Å²) in [4.78, 5) is 9.95. The highest BCUT2D eigenvalue weighted by Crippen LogP contribution is 2.23. The Balaban J connectivity index is 0.00000385. The molecule has 1 aromatic carbocycles. The molecule has 2 N–H and O–H groups in total. The van der Waals surface area contributed by atoms with Gasteiger partial charge in [0.2, 0.25) is 0 Å². The smallest absolute Gasteiger partial charge is 0.191 e. The zero-order valence-electron chi connectivity index (χ0n) is 20.9. The van der Waals surface area contributed by atoms with Crippen LogP contribution in [0, 0.1) is 12.8 Å². The Morgan fingerprint density at radius 2 is 2.00 bits per heavy atom. The lowest BCUT2D eigenvalue weighted by Gasteiger charge is -2.37. The maximum absolute atomic E-state index is 6.19. The topological polar surface area (TPSA) is 61.4 Å². The van der Waals surface area contributed by atoms with Crippen LogP contribution < -0.4 is 15.4 Å². The minimum Gasteiger partial charge on any atom is -0.493 e. The van der Waals surface area contributed by atoms with Gasteiger partial charge in [0.25, 0.3) is 0 Å². The number of aliphatic imine (C=N–C) groups is 1. The first-order valence-corrected chi connectivity index (χ1v) is 12.4. The van der Waals surface area contributed by atoms with E-state index in [4.69, 9.17) is 14.5 Å². The summed E-state index contributed by atoms with van der Waals surface area (Å²) >= 11 is 0. The monoisotopic (exact) mass is 573 g/mol. The predicted octanol–water partition coefficient (Wildman–Crippen LogP) is 3.11. The van der Waals surface area contributed by atoms with Crippen molar-refractivity contribution in [3.63, 3.8) is 0 Å². The molecule has 0 saturated carbocycles. The van der Waals surface area contributed by atoms with Crippen molar-refractivity contribution in [3.8, 4) is 5.75 Å². The van der Waals surface area contributed by atoms with Crippen molar-refractivity contribution >= 4 is 29.9 Å². The average molecular weight is 574 g/mol. The van der Waals surface area contributed by atoms with E-state index in [1.165, 1.54) is 5.56 Å². The number of ether oxygens (including phenoxy) is 2. The molecule has 7 nitrogen and oxygen atoms in total. The normalized spacial score (nSPS) is 20.8. The van der Waals surface area contributed by atoms with Crippen molar-refractivity contribution in [2.45, 2.75) is 46.7 Å². The van der Waals surface area contributed by atoms with Crippen LogP contribution in [-0.4, -0.2) is 87.4 Å². The van der Waals surface area contributed by atoms with Gasteiger partial charge in [-0.25, -0.2) is 4.99 Å². The molecule has 0 bridgehead atoms. The fourth-order valence-electron chi connectivity index (χ4n) is 4.25. The van der Waals surface area contributed by atoms with Crippen LogP contribution in [0.4, 0.5) is 0 Å². The fraction of sp³-hybridized carbons (Fsp3) is 0.720. The van der Waals surface area contributed by atoms with Crippen LogP contribution >= 0.6 is 24.0 Å². The highest BCUT2D eigenvalue weighted by molar-refractivity contribution is 14.0. The van der Waals surface area contributed by atoms with E-state index in [0.717, 1.165) is 82.7 Å². The van der Waals surface area contributed by atoms with Gasteiger partial charge in [-0.15, -0.1) is 24.0 Å². The highest BCUT2D eigenvalue weighted by atomic mass is 127. The lowest BCUT2D eigenvalue weighted by Crippen LogP contribution is -2.53. The van der Waals surface area contributed by atoms with E-state index < -0.39 is 0 Å². The van der Waals surface area contributed by atoms with E-state index in [9.17, 15) is 0 Å². The van der Waals surface area contributed by atoms with Crippen molar-refractivity contribution in [3.05, 3.63) is 29.3 Å². The van der Waals surface area contributed by atoms with E-state index in [0.29, 0.717) is 25.1 Å². The van der Waals surface area contributed by atoms with Gasteiger partial charge in [0.15, 0.2) is 5.96 Å². The quantitative estimate of drug-likeness (QED) is 0.255. The third-order valence-electron chi connectivity index (χ3n) is 6.52. The summed E-state index contributed by atoms with van der Waals surface area (Å²) in [5, 5.41) is 6.94. The van der Waals surface area contributed by atoms with Crippen LogP contribution in [0.25, 0.3) is 0 Å². The van der Waals surface area contributed by atoms with Crippen LogP contribution in [0.15, 0.2) is 23.2 Å². The van der Waals surface area contributed by atoms with Gasteiger partial charge in [0.1, 0.15) is 5.75 Å². The number of halogens is 1. The van der Waals surface area contributed by atoms with Crippen molar-refractivity contribution in [2.75, 3.05) is 65.6 Å². The molecule has 0 aromatic heterocycles. The van der Waals surface area contributed by atoms with Gasteiger partial charge in [-0.05, 0) is 45.4 Å². The minimum absolute atomic E-state index is 0. The fourth-order valence-corrected chi connectivity index (χ4v) is 4.25.